The lowest BCUT2D eigenvalue weighted by molar-refractivity contribution is 0.389. The quantitative estimate of drug-likeness (QED) is 0.847. The largest absolute Gasteiger partial charge is 0.420 e. The fourth-order valence-corrected chi connectivity index (χ4v) is 3.92. The molecule has 0 saturated carbocycles. The maximum atomic E-state index is 12.4. The summed E-state index contributed by atoms with van der Waals surface area (Å²) >= 11 is 0. The second-order valence-electron chi connectivity index (χ2n) is 5.16. The van der Waals surface area contributed by atoms with Crippen LogP contribution >= 0.6 is 7.60 Å². The van der Waals surface area contributed by atoms with Crippen LogP contribution in [0.3, 0.4) is 0 Å². The van der Waals surface area contributed by atoms with E-state index in [1.54, 1.807) is 12.1 Å². The predicted molar refractivity (Wildman–Crippen MR) is 80.7 cm³/mol. The van der Waals surface area contributed by atoms with Crippen molar-refractivity contribution >= 4 is 12.9 Å². The third-order valence-electron chi connectivity index (χ3n) is 3.90. The van der Waals surface area contributed by atoms with Crippen LogP contribution in [-0.2, 0) is 4.57 Å². The Labute approximate surface area is 118 Å². The third kappa shape index (κ3) is 1.98. The summed E-state index contributed by atoms with van der Waals surface area (Å²) in [6.07, 6.45) is 0.956. The van der Waals surface area contributed by atoms with Crippen molar-refractivity contribution in [2.24, 2.45) is 0 Å². The average molecular weight is 288 g/mol. The van der Waals surface area contributed by atoms with E-state index in [0.717, 1.165) is 23.1 Å². The van der Waals surface area contributed by atoms with Gasteiger partial charge in [0.05, 0.1) is 5.30 Å². The normalized spacial score (nSPS) is 21.6. The molecule has 1 N–H and O–H groups in total. The highest BCUT2D eigenvalue weighted by atomic mass is 31.2. The predicted octanol–water partition coefficient (Wildman–Crippen LogP) is 4.07. The highest BCUT2D eigenvalue weighted by molar-refractivity contribution is 7.62. The van der Waals surface area contributed by atoms with Crippen LogP contribution in [0.2, 0.25) is 0 Å². The van der Waals surface area contributed by atoms with Crippen LogP contribution < -0.4 is 9.83 Å². The molecule has 0 aliphatic carbocycles. The van der Waals surface area contributed by atoms with E-state index >= 15 is 0 Å². The summed E-state index contributed by atoms with van der Waals surface area (Å²) in [6, 6.07) is 13.1. The number of benzene rings is 2. The molecule has 20 heavy (non-hydrogen) atoms. The van der Waals surface area contributed by atoms with Gasteiger partial charge >= 0.3 is 7.60 Å². The van der Waals surface area contributed by atoms with Crippen molar-refractivity contribution in [1.82, 2.24) is 0 Å². The summed E-state index contributed by atoms with van der Waals surface area (Å²) in [7, 11) is -3.79. The Kier molecular flexibility index (Phi) is 3.19. The van der Waals surface area contributed by atoms with Crippen molar-refractivity contribution in [3.8, 4) is 16.9 Å². The molecule has 0 saturated heterocycles. The molecule has 1 aliphatic rings. The van der Waals surface area contributed by atoms with E-state index in [2.05, 4.69) is 13.8 Å². The molecule has 4 heteroatoms. The zero-order chi connectivity index (χ0) is 14.3. The van der Waals surface area contributed by atoms with Crippen LogP contribution in [-0.4, -0.2) is 4.89 Å². The molecule has 0 amide bonds. The van der Waals surface area contributed by atoms with Gasteiger partial charge in [-0.25, -0.2) is 4.57 Å². The van der Waals surface area contributed by atoms with Crippen molar-refractivity contribution in [3.05, 3.63) is 48.0 Å². The van der Waals surface area contributed by atoms with E-state index in [0.29, 0.717) is 11.1 Å². The summed E-state index contributed by atoms with van der Waals surface area (Å²) < 4.78 is 17.9. The van der Waals surface area contributed by atoms with Crippen molar-refractivity contribution < 1.29 is 14.0 Å². The topological polar surface area (TPSA) is 46.5 Å². The molecular formula is C16H17O3P. The van der Waals surface area contributed by atoms with Crippen molar-refractivity contribution in [2.75, 3.05) is 0 Å². The summed E-state index contributed by atoms with van der Waals surface area (Å²) in [4.78, 5) is 10.2. The smallest absolute Gasteiger partial charge is 0.408 e. The second kappa shape index (κ2) is 4.76. The molecule has 2 unspecified atom stereocenters. The molecular weight excluding hydrogens is 271 g/mol. The van der Waals surface area contributed by atoms with Gasteiger partial charge in [0, 0.05) is 11.1 Å². The van der Waals surface area contributed by atoms with Gasteiger partial charge in [0.1, 0.15) is 5.75 Å². The lowest BCUT2D eigenvalue weighted by atomic mass is 9.93. The van der Waals surface area contributed by atoms with E-state index in [4.69, 9.17) is 4.52 Å². The third-order valence-corrected chi connectivity index (χ3v) is 5.33. The standard InChI is InChI=1S/C16H17O3P/c1-3-11(2)12-8-6-9-14-13-7-4-5-10-15(13)20(17,18)19-16(12)14/h4-11H,3H2,1-2H3,(H,17,18). The zero-order valence-electron chi connectivity index (χ0n) is 11.5. The van der Waals surface area contributed by atoms with Crippen molar-refractivity contribution in [1.29, 1.82) is 0 Å². The Morgan fingerprint density at radius 3 is 2.60 bits per heavy atom. The molecule has 2 atom stereocenters. The highest BCUT2D eigenvalue weighted by Crippen LogP contribution is 2.53. The monoisotopic (exact) mass is 288 g/mol. The van der Waals surface area contributed by atoms with Gasteiger partial charge in [-0.3, -0.25) is 0 Å². The molecule has 1 aliphatic heterocycles. The SMILES string of the molecule is CCC(C)c1cccc2c1OP(=O)(O)c1ccccc1-2. The van der Waals surface area contributed by atoms with Crippen molar-refractivity contribution in [2.45, 2.75) is 26.2 Å². The Hall–Kier alpha value is -1.57. The number of hydrogen-bond donors (Lipinski definition) is 1. The number of fused-ring (bicyclic) bond motifs is 3. The first-order valence-electron chi connectivity index (χ1n) is 6.80. The molecule has 0 aromatic heterocycles. The van der Waals surface area contributed by atoms with Gasteiger partial charge < -0.3 is 9.42 Å². The summed E-state index contributed by atoms with van der Waals surface area (Å²) in [5, 5.41) is 0.383. The minimum absolute atomic E-state index is 0.287. The van der Waals surface area contributed by atoms with Gasteiger partial charge in [-0.15, -0.1) is 0 Å². The molecule has 3 rings (SSSR count). The second-order valence-corrected chi connectivity index (χ2v) is 6.87. The molecule has 104 valence electrons. The average Bonchev–Trinajstić information content (AvgIpc) is 2.46. The first-order chi connectivity index (χ1) is 9.54. The van der Waals surface area contributed by atoms with Crippen LogP contribution in [0.15, 0.2) is 42.5 Å². The van der Waals surface area contributed by atoms with Crippen molar-refractivity contribution in [3.63, 3.8) is 0 Å². The molecule has 0 radical (unpaired) electrons. The minimum atomic E-state index is -3.79. The summed E-state index contributed by atoms with van der Waals surface area (Å²) in [5.74, 6) is 0.849. The fraction of sp³-hybridized carbons (Fsp3) is 0.250. The van der Waals surface area contributed by atoms with E-state index in [-0.39, 0.29) is 5.92 Å². The van der Waals surface area contributed by atoms with Gasteiger partial charge in [0.25, 0.3) is 0 Å². The van der Waals surface area contributed by atoms with Crippen LogP contribution in [0.4, 0.5) is 0 Å². The van der Waals surface area contributed by atoms with Crippen LogP contribution in [0, 0.1) is 0 Å². The van der Waals surface area contributed by atoms with E-state index in [1.807, 2.05) is 30.3 Å². The van der Waals surface area contributed by atoms with Gasteiger partial charge in [0.2, 0.25) is 0 Å². The van der Waals surface area contributed by atoms with E-state index in [1.165, 1.54) is 0 Å². The highest BCUT2D eigenvalue weighted by Gasteiger charge is 2.35. The molecule has 0 bridgehead atoms. The Morgan fingerprint density at radius 1 is 1.15 bits per heavy atom. The lowest BCUT2D eigenvalue weighted by Crippen LogP contribution is -2.18. The van der Waals surface area contributed by atoms with Crippen LogP contribution in [0.5, 0.6) is 5.75 Å². The van der Waals surface area contributed by atoms with Gasteiger partial charge in [-0.1, -0.05) is 50.2 Å². The zero-order valence-corrected chi connectivity index (χ0v) is 12.4. The molecule has 1 heterocycles. The maximum Gasteiger partial charge on any atom is 0.408 e. The Bertz CT molecular complexity index is 709. The first kappa shape index (κ1) is 13.4. The van der Waals surface area contributed by atoms with E-state index in [9.17, 15) is 9.46 Å². The van der Waals surface area contributed by atoms with Crippen LogP contribution in [0.1, 0.15) is 31.7 Å². The van der Waals surface area contributed by atoms with E-state index < -0.39 is 7.60 Å². The van der Waals surface area contributed by atoms with Gasteiger partial charge in [-0.2, -0.15) is 0 Å². The molecule has 0 fully saturated rings. The Balaban J connectivity index is 2.30. The number of hydrogen-bond acceptors (Lipinski definition) is 2. The molecule has 2 aromatic carbocycles. The maximum absolute atomic E-state index is 12.4. The fourth-order valence-electron chi connectivity index (χ4n) is 2.60. The Morgan fingerprint density at radius 2 is 1.85 bits per heavy atom. The number of para-hydroxylation sites is 1. The molecule has 2 aromatic rings. The molecule has 0 spiro atoms. The minimum Gasteiger partial charge on any atom is -0.420 e. The molecule has 3 nitrogen and oxygen atoms in total. The summed E-state index contributed by atoms with van der Waals surface area (Å²) in [5.41, 5.74) is 2.69. The van der Waals surface area contributed by atoms with Gasteiger partial charge in [-0.05, 0) is 24.0 Å². The number of rotatable bonds is 2. The lowest BCUT2D eigenvalue weighted by Gasteiger charge is -2.27. The summed E-state index contributed by atoms with van der Waals surface area (Å²) in [6.45, 7) is 4.20. The van der Waals surface area contributed by atoms with Crippen LogP contribution in [0.25, 0.3) is 11.1 Å². The van der Waals surface area contributed by atoms with Gasteiger partial charge in [0.15, 0.2) is 0 Å². The first-order valence-corrected chi connectivity index (χ1v) is 8.37.